The summed E-state index contributed by atoms with van der Waals surface area (Å²) in [5.74, 6) is 1.08. The molecule has 1 aliphatic heterocycles. The van der Waals surface area contributed by atoms with E-state index in [-0.39, 0.29) is 4.90 Å². The van der Waals surface area contributed by atoms with Crippen molar-refractivity contribution in [3.63, 3.8) is 0 Å². The summed E-state index contributed by atoms with van der Waals surface area (Å²) in [5.41, 5.74) is 0. The zero-order valence-electron chi connectivity index (χ0n) is 11.5. The number of hydrogen-bond donors (Lipinski definition) is 2. The molecule has 1 heterocycles. The Hall–Kier alpha value is -1.31. The van der Waals surface area contributed by atoms with Crippen molar-refractivity contribution in [1.82, 2.24) is 10.0 Å². The van der Waals surface area contributed by atoms with Gasteiger partial charge in [-0.25, -0.2) is 13.1 Å². The molecule has 1 aromatic rings. The summed E-state index contributed by atoms with van der Waals surface area (Å²) in [5, 5.41) is 2.97. The molecule has 2 rings (SSSR count). The molecule has 0 amide bonds. The molecule has 0 radical (unpaired) electrons. The van der Waals surface area contributed by atoms with Gasteiger partial charge in [-0.05, 0) is 32.1 Å². The maximum absolute atomic E-state index is 12.1. The second kappa shape index (κ2) is 6.92. The SMILES string of the molecule is CNCCCNS(=O)(=O)c1ccc2c(c1)OCCCO2. The lowest BCUT2D eigenvalue weighted by atomic mass is 10.3. The van der Waals surface area contributed by atoms with Gasteiger partial charge in [0.2, 0.25) is 10.0 Å². The molecule has 0 saturated heterocycles. The summed E-state index contributed by atoms with van der Waals surface area (Å²) in [4.78, 5) is 0.200. The third kappa shape index (κ3) is 3.84. The van der Waals surface area contributed by atoms with E-state index in [1.54, 1.807) is 6.07 Å². The van der Waals surface area contributed by atoms with Gasteiger partial charge >= 0.3 is 0 Å². The Morgan fingerprint density at radius 1 is 1.15 bits per heavy atom. The lowest BCUT2D eigenvalue weighted by molar-refractivity contribution is 0.297. The number of rotatable bonds is 6. The lowest BCUT2D eigenvalue weighted by Crippen LogP contribution is -2.26. The van der Waals surface area contributed by atoms with E-state index in [2.05, 4.69) is 10.0 Å². The predicted molar refractivity (Wildman–Crippen MR) is 75.8 cm³/mol. The van der Waals surface area contributed by atoms with Crippen molar-refractivity contribution in [1.29, 1.82) is 0 Å². The van der Waals surface area contributed by atoms with Gasteiger partial charge in [0.15, 0.2) is 11.5 Å². The summed E-state index contributed by atoms with van der Waals surface area (Å²) in [6.45, 7) is 2.29. The van der Waals surface area contributed by atoms with E-state index < -0.39 is 10.0 Å². The molecule has 0 bridgehead atoms. The number of hydrogen-bond acceptors (Lipinski definition) is 5. The quantitative estimate of drug-likeness (QED) is 0.758. The van der Waals surface area contributed by atoms with Crippen LogP contribution in [0, 0.1) is 0 Å². The maximum Gasteiger partial charge on any atom is 0.240 e. The van der Waals surface area contributed by atoms with Gasteiger partial charge < -0.3 is 14.8 Å². The highest BCUT2D eigenvalue weighted by molar-refractivity contribution is 7.89. The summed E-state index contributed by atoms with van der Waals surface area (Å²) in [6.07, 6.45) is 1.53. The molecular formula is C13H20N2O4S. The molecule has 0 aromatic heterocycles. The van der Waals surface area contributed by atoms with E-state index >= 15 is 0 Å². The molecule has 7 heteroatoms. The van der Waals surface area contributed by atoms with Gasteiger partial charge in [-0.1, -0.05) is 0 Å². The minimum absolute atomic E-state index is 0.200. The van der Waals surface area contributed by atoms with Crippen LogP contribution in [0.5, 0.6) is 11.5 Å². The molecule has 6 nitrogen and oxygen atoms in total. The highest BCUT2D eigenvalue weighted by atomic mass is 32.2. The van der Waals surface area contributed by atoms with Crippen LogP contribution in [0.4, 0.5) is 0 Å². The Labute approximate surface area is 119 Å². The van der Waals surface area contributed by atoms with Crippen molar-refractivity contribution in [3.05, 3.63) is 18.2 Å². The third-order valence-electron chi connectivity index (χ3n) is 2.92. The minimum atomic E-state index is -3.50. The average Bonchev–Trinajstić information content (AvgIpc) is 2.68. The zero-order valence-corrected chi connectivity index (χ0v) is 12.3. The second-order valence-electron chi connectivity index (χ2n) is 4.51. The smallest absolute Gasteiger partial charge is 0.240 e. The number of sulfonamides is 1. The molecule has 0 unspecified atom stereocenters. The average molecular weight is 300 g/mol. The van der Waals surface area contributed by atoms with Crippen molar-refractivity contribution in [3.8, 4) is 11.5 Å². The summed E-state index contributed by atoms with van der Waals surface area (Å²) < 4.78 is 37.8. The van der Waals surface area contributed by atoms with E-state index in [0.29, 0.717) is 31.3 Å². The van der Waals surface area contributed by atoms with Crippen molar-refractivity contribution in [2.24, 2.45) is 0 Å². The molecule has 0 saturated carbocycles. The van der Waals surface area contributed by atoms with Crippen molar-refractivity contribution in [2.45, 2.75) is 17.7 Å². The van der Waals surface area contributed by atoms with Crippen LogP contribution in [0.3, 0.4) is 0 Å². The van der Waals surface area contributed by atoms with E-state index in [1.165, 1.54) is 12.1 Å². The van der Waals surface area contributed by atoms with Crippen molar-refractivity contribution in [2.75, 3.05) is 33.4 Å². The first kappa shape index (κ1) is 15.1. The Morgan fingerprint density at radius 3 is 2.65 bits per heavy atom. The van der Waals surface area contributed by atoms with E-state index in [0.717, 1.165) is 19.4 Å². The number of ether oxygens (including phenoxy) is 2. The van der Waals surface area contributed by atoms with Gasteiger partial charge in [0.25, 0.3) is 0 Å². The Kier molecular flexibility index (Phi) is 5.22. The molecule has 0 spiro atoms. The fraction of sp³-hybridized carbons (Fsp3) is 0.538. The molecule has 1 aromatic carbocycles. The van der Waals surface area contributed by atoms with E-state index in [9.17, 15) is 8.42 Å². The second-order valence-corrected chi connectivity index (χ2v) is 6.28. The summed E-state index contributed by atoms with van der Waals surface area (Å²) >= 11 is 0. The zero-order chi connectivity index (χ0) is 14.4. The van der Waals surface area contributed by atoms with Crippen LogP contribution < -0.4 is 19.5 Å². The van der Waals surface area contributed by atoms with Gasteiger partial charge in [-0.2, -0.15) is 0 Å². The van der Waals surface area contributed by atoms with E-state index in [1.807, 2.05) is 7.05 Å². The Bertz CT molecular complexity index is 545. The van der Waals surface area contributed by atoms with Crippen LogP contribution in [0.25, 0.3) is 0 Å². The van der Waals surface area contributed by atoms with Crippen molar-refractivity contribution < 1.29 is 17.9 Å². The van der Waals surface area contributed by atoms with Crippen LogP contribution in [0.1, 0.15) is 12.8 Å². The largest absolute Gasteiger partial charge is 0.490 e. The normalized spacial score (nSPS) is 14.8. The van der Waals surface area contributed by atoms with Crippen molar-refractivity contribution >= 4 is 10.0 Å². The van der Waals surface area contributed by atoms with Gasteiger partial charge in [0.05, 0.1) is 18.1 Å². The third-order valence-corrected chi connectivity index (χ3v) is 4.38. The number of fused-ring (bicyclic) bond motifs is 1. The number of nitrogens with one attached hydrogen (secondary N) is 2. The number of benzene rings is 1. The Balaban J connectivity index is 2.09. The highest BCUT2D eigenvalue weighted by Gasteiger charge is 2.18. The molecule has 112 valence electrons. The topological polar surface area (TPSA) is 76.7 Å². The van der Waals surface area contributed by atoms with Crippen LogP contribution >= 0.6 is 0 Å². The molecule has 0 fully saturated rings. The monoisotopic (exact) mass is 300 g/mol. The maximum atomic E-state index is 12.1. The summed E-state index contributed by atoms with van der Waals surface area (Å²) in [7, 11) is -1.67. The first-order chi connectivity index (χ1) is 9.63. The van der Waals surface area contributed by atoms with E-state index in [4.69, 9.17) is 9.47 Å². The Morgan fingerprint density at radius 2 is 1.90 bits per heavy atom. The van der Waals surface area contributed by atoms with Gasteiger partial charge in [-0.15, -0.1) is 0 Å². The van der Waals surface area contributed by atoms with Gasteiger partial charge in [0.1, 0.15) is 0 Å². The van der Waals surface area contributed by atoms with Crippen LogP contribution in [-0.4, -0.2) is 41.8 Å². The molecule has 0 aliphatic carbocycles. The van der Waals surface area contributed by atoms with Gasteiger partial charge in [-0.3, -0.25) is 0 Å². The molecular weight excluding hydrogens is 280 g/mol. The molecule has 2 N–H and O–H groups in total. The fourth-order valence-electron chi connectivity index (χ4n) is 1.87. The molecule has 20 heavy (non-hydrogen) atoms. The predicted octanol–water partition coefficient (Wildman–Crippen LogP) is 0.736. The molecule has 0 atom stereocenters. The molecule has 1 aliphatic rings. The lowest BCUT2D eigenvalue weighted by Gasteiger charge is -2.10. The van der Waals surface area contributed by atoms with Gasteiger partial charge in [0, 0.05) is 19.0 Å². The standard InChI is InChI=1S/C13H20N2O4S/c1-14-6-2-7-15-20(16,17)11-4-5-12-13(10-11)19-9-3-8-18-12/h4-5,10,14-15H,2-3,6-9H2,1H3. The van der Waals surface area contributed by atoms with Crippen LogP contribution in [-0.2, 0) is 10.0 Å². The summed E-state index contributed by atoms with van der Waals surface area (Å²) in [6, 6.07) is 4.69. The first-order valence-electron chi connectivity index (χ1n) is 6.67. The highest BCUT2D eigenvalue weighted by Crippen LogP contribution is 2.31. The van der Waals surface area contributed by atoms with Crippen LogP contribution in [0.2, 0.25) is 0 Å². The van der Waals surface area contributed by atoms with Crippen LogP contribution in [0.15, 0.2) is 23.1 Å². The fourth-order valence-corrected chi connectivity index (χ4v) is 2.95. The minimum Gasteiger partial charge on any atom is -0.490 e. The first-order valence-corrected chi connectivity index (χ1v) is 8.16.